The van der Waals surface area contributed by atoms with Crippen molar-refractivity contribution in [3.8, 4) is 22.3 Å². The molecule has 0 unspecified atom stereocenters. The monoisotopic (exact) mass is 446 g/mol. The first-order valence-corrected chi connectivity index (χ1v) is 12.0. The highest BCUT2D eigenvalue weighted by atomic mass is 15.1. The number of nitrogens with zero attached hydrogens (tertiary/aromatic N) is 4. The first-order chi connectivity index (χ1) is 17.3. The number of benzene rings is 3. The highest BCUT2D eigenvalue weighted by molar-refractivity contribution is 6.15. The number of imidazole rings is 1. The van der Waals surface area contributed by atoms with Crippen LogP contribution in [-0.2, 0) is 12.8 Å². The van der Waals surface area contributed by atoms with Gasteiger partial charge in [-0.2, -0.15) is 0 Å². The van der Waals surface area contributed by atoms with Crippen molar-refractivity contribution >= 4 is 38.5 Å². The number of pyridine rings is 3. The molecule has 0 radical (unpaired) electrons. The van der Waals surface area contributed by atoms with E-state index in [9.17, 15) is 0 Å². The summed E-state index contributed by atoms with van der Waals surface area (Å²) in [6.45, 7) is 0. The van der Waals surface area contributed by atoms with Gasteiger partial charge in [-0.05, 0) is 105 Å². The van der Waals surface area contributed by atoms with E-state index in [0.29, 0.717) is 0 Å². The van der Waals surface area contributed by atoms with Crippen molar-refractivity contribution in [3.05, 3.63) is 108 Å². The van der Waals surface area contributed by atoms with Gasteiger partial charge in [-0.25, -0.2) is 9.97 Å². The predicted molar refractivity (Wildman–Crippen MR) is 140 cm³/mol. The summed E-state index contributed by atoms with van der Waals surface area (Å²) in [6.07, 6.45) is 7.62. The van der Waals surface area contributed by atoms with E-state index >= 15 is 0 Å². The van der Waals surface area contributed by atoms with Gasteiger partial charge in [-0.1, -0.05) is 24.3 Å². The standard InChI is InChI=1S/C31H18N4/c1-2-5-21-17(4-1)10-18-13-24-19(12-23(18)21)11-20-14-26-22-7-9-32-16-29(22)35-30(27(26)15-25(20)24)34-28-6-3-8-33-31(28)35/h1-9,12-16H,10-11H2. The molecule has 0 N–H and O–H groups in total. The molecule has 0 atom stereocenters. The molecule has 35 heavy (non-hydrogen) atoms. The molecule has 4 aromatic heterocycles. The third-order valence-electron chi connectivity index (χ3n) is 7.92. The van der Waals surface area contributed by atoms with Gasteiger partial charge in [0.25, 0.3) is 0 Å². The lowest BCUT2D eigenvalue weighted by molar-refractivity contribution is 1.22. The van der Waals surface area contributed by atoms with Crippen LogP contribution in [-0.4, -0.2) is 19.4 Å². The second kappa shape index (κ2) is 6.10. The normalized spacial score (nSPS) is 13.5. The summed E-state index contributed by atoms with van der Waals surface area (Å²) in [7, 11) is 0. The number of fused-ring (bicyclic) bond motifs is 14. The second-order valence-electron chi connectivity index (χ2n) is 9.74. The maximum absolute atomic E-state index is 5.03. The molecule has 4 nitrogen and oxygen atoms in total. The van der Waals surface area contributed by atoms with Crippen LogP contribution in [0.15, 0.2) is 85.3 Å². The molecule has 0 saturated carbocycles. The Labute approximate surface area is 200 Å². The van der Waals surface area contributed by atoms with E-state index in [0.717, 1.165) is 40.6 Å². The Hall–Kier alpha value is -4.57. The number of hydrogen-bond donors (Lipinski definition) is 0. The van der Waals surface area contributed by atoms with E-state index in [1.54, 1.807) is 0 Å². The molecular formula is C31H18N4. The highest BCUT2D eigenvalue weighted by Crippen LogP contribution is 2.46. The predicted octanol–water partition coefficient (Wildman–Crippen LogP) is 6.73. The van der Waals surface area contributed by atoms with Crippen molar-refractivity contribution in [2.45, 2.75) is 12.8 Å². The van der Waals surface area contributed by atoms with E-state index < -0.39 is 0 Å². The first kappa shape index (κ1) is 17.8. The minimum absolute atomic E-state index is 0.874. The van der Waals surface area contributed by atoms with Crippen molar-refractivity contribution in [3.63, 3.8) is 0 Å². The van der Waals surface area contributed by atoms with Crippen molar-refractivity contribution in [1.29, 1.82) is 0 Å². The molecule has 7 aromatic rings. The van der Waals surface area contributed by atoms with Crippen LogP contribution in [0.4, 0.5) is 0 Å². The summed E-state index contributed by atoms with van der Waals surface area (Å²) >= 11 is 0. The van der Waals surface area contributed by atoms with Gasteiger partial charge in [0.05, 0.1) is 11.7 Å². The summed E-state index contributed by atoms with van der Waals surface area (Å²) in [5.74, 6) is 0. The summed E-state index contributed by atoms with van der Waals surface area (Å²) in [5.41, 5.74) is 14.9. The fourth-order valence-electron chi connectivity index (χ4n) is 6.39. The minimum atomic E-state index is 0.874. The second-order valence-corrected chi connectivity index (χ2v) is 9.74. The van der Waals surface area contributed by atoms with E-state index in [1.807, 2.05) is 30.7 Å². The van der Waals surface area contributed by atoms with Crippen LogP contribution in [0, 0.1) is 0 Å². The smallest absolute Gasteiger partial charge is 0.165 e. The molecule has 2 aliphatic rings. The number of rotatable bonds is 0. The lowest BCUT2D eigenvalue weighted by Crippen LogP contribution is -1.94. The molecular weight excluding hydrogens is 428 g/mol. The van der Waals surface area contributed by atoms with Gasteiger partial charge >= 0.3 is 0 Å². The van der Waals surface area contributed by atoms with Crippen LogP contribution in [0.3, 0.4) is 0 Å². The van der Waals surface area contributed by atoms with Gasteiger partial charge in [-0.3, -0.25) is 9.38 Å². The first-order valence-electron chi connectivity index (χ1n) is 12.0. The third kappa shape index (κ3) is 2.20. The van der Waals surface area contributed by atoms with Crippen LogP contribution < -0.4 is 0 Å². The Morgan fingerprint density at radius 3 is 2.34 bits per heavy atom. The van der Waals surface area contributed by atoms with Crippen molar-refractivity contribution < 1.29 is 0 Å². The zero-order chi connectivity index (χ0) is 22.7. The topological polar surface area (TPSA) is 43.1 Å². The molecule has 4 heterocycles. The summed E-state index contributed by atoms with van der Waals surface area (Å²) in [5, 5.41) is 3.58. The largest absolute Gasteiger partial charge is 0.274 e. The van der Waals surface area contributed by atoms with Crippen LogP contribution in [0.25, 0.3) is 60.7 Å². The Morgan fingerprint density at radius 2 is 1.40 bits per heavy atom. The maximum atomic E-state index is 5.03. The lowest BCUT2D eigenvalue weighted by Gasteiger charge is -2.11. The van der Waals surface area contributed by atoms with Crippen molar-refractivity contribution in [2.24, 2.45) is 0 Å². The molecule has 9 rings (SSSR count). The van der Waals surface area contributed by atoms with Gasteiger partial charge in [0, 0.05) is 23.2 Å². The van der Waals surface area contributed by atoms with Crippen molar-refractivity contribution in [1.82, 2.24) is 19.4 Å². The van der Waals surface area contributed by atoms with Gasteiger partial charge in [0.1, 0.15) is 11.2 Å². The number of hydrogen-bond acceptors (Lipinski definition) is 3. The van der Waals surface area contributed by atoms with Gasteiger partial charge in [0.15, 0.2) is 5.65 Å². The van der Waals surface area contributed by atoms with E-state index in [-0.39, 0.29) is 0 Å². The fraction of sp³-hybridized carbons (Fsp3) is 0.0645. The van der Waals surface area contributed by atoms with Gasteiger partial charge in [0.2, 0.25) is 0 Å². The lowest BCUT2D eigenvalue weighted by atomic mass is 9.96. The Balaban J connectivity index is 1.37. The fourth-order valence-corrected chi connectivity index (χ4v) is 6.39. The van der Waals surface area contributed by atoms with Crippen LogP contribution >= 0.6 is 0 Å². The third-order valence-corrected chi connectivity index (χ3v) is 7.92. The van der Waals surface area contributed by atoms with Gasteiger partial charge in [-0.15, -0.1) is 0 Å². The molecule has 0 amide bonds. The average molecular weight is 447 g/mol. The molecule has 0 fully saturated rings. The summed E-state index contributed by atoms with van der Waals surface area (Å²) in [4.78, 5) is 14.1. The molecule has 0 bridgehead atoms. The molecule has 4 heteroatoms. The molecule has 0 saturated heterocycles. The van der Waals surface area contributed by atoms with Crippen LogP contribution in [0.5, 0.6) is 0 Å². The summed E-state index contributed by atoms with van der Waals surface area (Å²) < 4.78 is 2.17. The zero-order valence-electron chi connectivity index (χ0n) is 18.8. The number of aromatic nitrogens is 4. The molecule has 0 spiro atoms. The Kier molecular flexibility index (Phi) is 3.11. The molecule has 3 aromatic carbocycles. The Morgan fingerprint density at radius 1 is 0.600 bits per heavy atom. The maximum Gasteiger partial charge on any atom is 0.165 e. The molecule has 2 aliphatic carbocycles. The van der Waals surface area contributed by atoms with Crippen LogP contribution in [0.1, 0.15) is 22.3 Å². The zero-order valence-corrected chi connectivity index (χ0v) is 18.8. The molecule has 0 aliphatic heterocycles. The van der Waals surface area contributed by atoms with E-state index in [1.165, 1.54) is 55.3 Å². The quantitative estimate of drug-likeness (QED) is 0.243. The van der Waals surface area contributed by atoms with E-state index in [4.69, 9.17) is 4.98 Å². The minimum Gasteiger partial charge on any atom is -0.274 e. The summed E-state index contributed by atoms with van der Waals surface area (Å²) in [6, 6.07) is 24.5. The highest BCUT2D eigenvalue weighted by Gasteiger charge is 2.26. The SMILES string of the molecule is c1ccc2c(c1)Cc1cc3c(cc1-2)Cc1cc2c4ccncc4n4c5ncccc5nc4c2cc1-3. The average Bonchev–Trinajstić information content (AvgIpc) is 3.57. The van der Waals surface area contributed by atoms with Gasteiger partial charge < -0.3 is 0 Å². The van der Waals surface area contributed by atoms with E-state index in [2.05, 4.69) is 69.0 Å². The molecule has 162 valence electrons. The Bertz CT molecular complexity index is 2070. The van der Waals surface area contributed by atoms with Crippen molar-refractivity contribution in [2.75, 3.05) is 0 Å². The van der Waals surface area contributed by atoms with Crippen LogP contribution in [0.2, 0.25) is 0 Å².